The molecule has 348 valence electrons. The summed E-state index contributed by atoms with van der Waals surface area (Å²) in [5.74, 6) is -6.06. The van der Waals surface area contributed by atoms with E-state index >= 15 is 4.39 Å². The first-order chi connectivity index (χ1) is 30.6. The lowest BCUT2D eigenvalue weighted by atomic mass is 9.82. The molecule has 2 heterocycles. The van der Waals surface area contributed by atoms with E-state index in [0.717, 1.165) is 28.7 Å². The fourth-order valence-electron chi connectivity index (χ4n) is 7.48. The van der Waals surface area contributed by atoms with Gasteiger partial charge in [0, 0.05) is 69.5 Å². The molecule has 0 aliphatic carbocycles. The lowest BCUT2D eigenvalue weighted by molar-refractivity contribution is -0.142. The zero-order valence-electron chi connectivity index (χ0n) is 38.0. The summed E-state index contributed by atoms with van der Waals surface area (Å²) in [6, 6.07) is 11.9. The summed E-state index contributed by atoms with van der Waals surface area (Å²) in [4.78, 5) is 99.0. The number of amides is 7. The van der Waals surface area contributed by atoms with Gasteiger partial charge in [-0.05, 0) is 73.2 Å². The summed E-state index contributed by atoms with van der Waals surface area (Å²) in [6.07, 6.45) is 3.97. The summed E-state index contributed by atoms with van der Waals surface area (Å²) >= 11 is 0. The standard InChI is InChI=1S/C47H59F2N9O7/c1-28(53-41(61)22-31-16-19-52-20-17-31)46(65)56(8)29(2)43(62)55-38(25-40(50)60)45(64)54-37(44(63)51-7)18-21-58(30(3)59)42(47(4,5)6)39-23-33(35-24-34(48)14-15-36(35)49)27-57(39)26-32-12-10-9-11-13-32/h9-17,19-20,23-24,27-29,37-38,42H,18,21-22,25-26H2,1-8H3,(H2,50,60)(H,51,63)(H,53,61)(H,54,64)(H,55,62)/t28?,29?,37?,38-,42?/m0/s1. The molecule has 7 amide bonds. The quantitative estimate of drug-likeness (QED) is 0.0884. The molecule has 16 nitrogen and oxygen atoms in total. The molecule has 0 saturated heterocycles. The topological polar surface area (TPSA) is 218 Å². The number of halogens is 2. The summed E-state index contributed by atoms with van der Waals surface area (Å²) in [5, 5.41) is 10.2. The SMILES string of the molecule is CNC(=O)C(CCN(C(C)=O)C(c1cc(-c2cc(F)ccc2F)cn1Cc1ccccc1)C(C)(C)C)NC(=O)[C@H](CC(N)=O)NC(=O)C(C)N(C)C(=O)C(C)NC(=O)Cc1ccncc1. The van der Waals surface area contributed by atoms with Crippen LogP contribution in [-0.4, -0.2) is 106 Å². The van der Waals surface area contributed by atoms with Crippen LogP contribution >= 0.6 is 0 Å². The molecular weight excluding hydrogens is 841 g/mol. The van der Waals surface area contributed by atoms with E-state index in [1.54, 1.807) is 29.3 Å². The van der Waals surface area contributed by atoms with Gasteiger partial charge in [0.15, 0.2) is 0 Å². The molecule has 0 radical (unpaired) electrons. The highest BCUT2D eigenvalue weighted by atomic mass is 19.1. The van der Waals surface area contributed by atoms with E-state index in [4.69, 9.17) is 5.73 Å². The van der Waals surface area contributed by atoms with Gasteiger partial charge in [-0.2, -0.15) is 0 Å². The van der Waals surface area contributed by atoms with Crippen molar-refractivity contribution in [2.24, 2.45) is 11.1 Å². The molecule has 2 aromatic heterocycles. The van der Waals surface area contributed by atoms with Gasteiger partial charge >= 0.3 is 0 Å². The second-order valence-corrected chi connectivity index (χ2v) is 17.0. The third-order valence-electron chi connectivity index (χ3n) is 10.9. The highest BCUT2D eigenvalue weighted by Gasteiger charge is 2.38. The van der Waals surface area contributed by atoms with Crippen LogP contribution in [0.3, 0.4) is 0 Å². The highest BCUT2D eigenvalue weighted by Crippen LogP contribution is 2.41. The molecule has 6 N–H and O–H groups in total. The lowest BCUT2D eigenvalue weighted by Crippen LogP contribution is -2.58. The molecule has 18 heteroatoms. The molecule has 65 heavy (non-hydrogen) atoms. The average molecular weight is 900 g/mol. The minimum atomic E-state index is -1.58. The molecule has 0 spiro atoms. The van der Waals surface area contributed by atoms with Crippen molar-refractivity contribution in [3.8, 4) is 11.1 Å². The van der Waals surface area contributed by atoms with Crippen LogP contribution in [0.4, 0.5) is 8.78 Å². The van der Waals surface area contributed by atoms with Crippen molar-refractivity contribution in [3.63, 3.8) is 0 Å². The molecule has 2 aromatic carbocycles. The van der Waals surface area contributed by atoms with Crippen LogP contribution < -0.4 is 27.0 Å². The van der Waals surface area contributed by atoms with Crippen molar-refractivity contribution in [1.29, 1.82) is 0 Å². The first-order valence-electron chi connectivity index (χ1n) is 21.1. The van der Waals surface area contributed by atoms with Gasteiger partial charge in [-0.1, -0.05) is 51.1 Å². The second-order valence-electron chi connectivity index (χ2n) is 17.0. The number of nitrogens with one attached hydrogen (secondary N) is 4. The number of carbonyl (C=O) groups excluding carboxylic acids is 7. The third kappa shape index (κ3) is 14.0. The Morgan fingerprint density at radius 3 is 2.08 bits per heavy atom. The first kappa shape index (κ1) is 50.7. The largest absolute Gasteiger partial charge is 0.370 e. The maximum atomic E-state index is 15.2. The van der Waals surface area contributed by atoms with Crippen molar-refractivity contribution in [2.45, 2.75) is 97.6 Å². The van der Waals surface area contributed by atoms with Crippen LogP contribution in [0.15, 0.2) is 85.3 Å². The van der Waals surface area contributed by atoms with Gasteiger partial charge in [0.05, 0.1) is 18.9 Å². The van der Waals surface area contributed by atoms with Crippen molar-refractivity contribution in [2.75, 3.05) is 20.6 Å². The van der Waals surface area contributed by atoms with Crippen molar-refractivity contribution in [1.82, 2.24) is 40.6 Å². The van der Waals surface area contributed by atoms with E-state index in [-0.39, 0.29) is 30.9 Å². The molecule has 4 unspecified atom stereocenters. The monoisotopic (exact) mass is 899 g/mol. The molecule has 4 aromatic rings. The van der Waals surface area contributed by atoms with Gasteiger partial charge in [0.2, 0.25) is 41.4 Å². The number of aromatic nitrogens is 2. The minimum Gasteiger partial charge on any atom is -0.370 e. The van der Waals surface area contributed by atoms with Crippen LogP contribution in [0.2, 0.25) is 0 Å². The first-order valence-corrected chi connectivity index (χ1v) is 21.1. The van der Waals surface area contributed by atoms with Gasteiger partial charge < -0.3 is 41.4 Å². The molecule has 0 aliphatic rings. The van der Waals surface area contributed by atoms with E-state index in [9.17, 15) is 38.0 Å². The Balaban J connectivity index is 1.56. The number of likely N-dealkylation sites (N-methyl/N-ethyl adjacent to an activating group) is 2. The number of benzene rings is 2. The molecular formula is C47H59F2N9O7. The Kier molecular flexibility index (Phi) is 17.6. The van der Waals surface area contributed by atoms with Gasteiger partial charge in [-0.3, -0.25) is 38.5 Å². The van der Waals surface area contributed by atoms with Crippen LogP contribution in [0, 0.1) is 17.0 Å². The maximum Gasteiger partial charge on any atom is 0.245 e. The maximum absolute atomic E-state index is 15.2. The van der Waals surface area contributed by atoms with Crippen LogP contribution in [0.25, 0.3) is 11.1 Å². The summed E-state index contributed by atoms with van der Waals surface area (Å²) < 4.78 is 31.5. The predicted octanol–water partition coefficient (Wildman–Crippen LogP) is 3.39. The van der Waals surface area contributed by atoms with E-state index in [0.29, 0.717) is 23.4 Å². The van der Waals surface area contributed by atoms with E-state index in [2.05, 4.69) is 26.3 Å². The molecule has 5 atom stereocenters. The molecule has 0 saturated carbocycles. The highest BCUT2D eigenvalue weighted by molar-refractivity contribution is 5.97. The van der Waals surface area contributed by atoms with E-state index < -0.39 is 89.1 Å². The summed E-state index contributed by atoms with van der Waals surface area (Å²) in [6.45, 7) is 10.2. The third-order valence-corrected chi connectivity index (χ3v) is 10.9. The molecule has 0 bridgehead atoms. The zero-order valence-corrected chi connectivity index (χ0v) is 38.0. The van der Waals surface area contributed by atoms with E-state index in [1.807, 2.05) is 55.7 Å². The lowest BCUT2D eigenvalue weighted by Gasteiger charge is -2.41. The molecule has 0 aliphatic heterocycles. The van der Waals surface area contributed by atoms with Crippen LogP contribution in [0.1, 0.15) is 77.2 Å². The zero-order chi connectivity index (χ0) is 48.2. The molecule has 0 fully saturated rings. The van der Waals surface area contributed by atoms with Crippen molar-refractivity contribution in [3.05, 3.63) is 114 Å². The average Bonchev–Trinajstić information content (AvgIpc) is 3.65. The summed E-state index contributed by atoms with van der Waals surface area (Å²) in [5.41, 5.74) is 7.39. The predicted molar refractivity (Wildman–Crippen MR) is 239 cm³/mol. The number of rotatable bonds is 20. The number of carbonyl (C=O) groups is 7. The Morgan fingerprint density at radius 2 is 1.48 bits per heavy atom. The molecule has 4 rings (SSSR count). The number of primary amides is 1. The number of hydrogen-bond acceptors (Lipinski definition) is 8. The minimum absolute atomic E-state index is 0.00506. The van der Waals surface area contributed by atoms with Gasteiger partial charge in [-0.25, -0.2) is 8.78 Å². The number of nitrogens with two attached hydrogens (primary N) is 1. The second kappa shape index (κ2) is 22.6. The number of nitrogens with zero attached hydrogens (tertiary/aromatic N) is 4. The fraction of sp³-hybridized carbons (Fsp3) is 0.404. The van der Waals surface area contributed by atoms with Gasteiger partial charge in [0.1, 0.15) is 35.8 Å². The van der Waals surface area contributed by atoms with E-state index in [1.165, 1.54) is 47.3 Å². The Labute approximate surface area is 377 Å². The van der Waals surface area contributed by atoms with Crippen molar-refractivity contribution < 1.29 is 42.3 Å². The van der Waals surface area contributed by atoms with Gasteiger partial charge in [0.25, 0.3) is 0 Å². The Morgan fingerprint density at radius 1 is 0.831 bits per heavy atom. The number of pyridine rings is 1. The Hall–Kier alpha value is -6.98. The van der Waals surface area contributed by atoms with Gasteiger partial charge in [-0.15, -0.1) is 0 Å². The Bertz CT molecular complexity index is 2340. The normalized spacial score (nSPS) is 13.6. The smallest absolute Gasteiger partial charge is 0.245 e. The number of hydrogen-bond donors (Lipinski definition) is 5. The van der Waals surface area contributed by atoms with Crippen LogP contribution in [-0.2, 0) is 46.5 Å². The van der Waals surface area contributed by atoms with Crippen molar-refractivity contribution >= 4 is 41.4 Å². The summed E-state index contributed by atoms with van der Waals surface area (Å²) in [7, 11) is 2.69. The van der Waals surface area contributed by atoms with Crippen LogP contribution in [0.5, 0.6) is 0 Å². The fourth-order valence-corrected chi connectivity index (χ4v) is 7.48.